The van der Waals surface area contributed by atoms with Crippen molar-refractivity contribution in [3.63, 3.8) is 0 Å². The quantitative estimate of drug-likeness (QED) is 0.576. The molecule has 0 N–H and O–H groups in total. The van der Waals surface area contributed by atoms with Gasteiger partial charge in [0.2, 0.25) is 5.91 Å². The molecule has 0 saturated carbocycles. The lowest BCUT2D eigenvalue weighted by atomic mass is 10.1. The van der Waals surface area contributed by atoms with Crippen LogP contribution >= 0.6 is 0 Å². The molecule has 2 amide bonds. The highest BCUT2D eigenvalue weighted by Crippen LogP contribution is 2.24. The van der Waals surface area contributed by atoms with Crippen LogP contribution in [-0.4, -0.2) is 57.8 Å². The average Bonchev–Trinajstić information content (AvgIpc) is 2.86. The smallest absolute Gasteiger partial charge is 0.255 e. The summed E-state index contributed by atoms with van der Waals surface area (Å²) in [7, 11) is 0. The molecule has 7 heteroatoms. The Morgan fingerprint density at radius 2 is 1.66 bits per heavy atom. The Balaban J connectivity index is 1.63. The van der Waals surface area contributed by atoms with Crippen LogP contribution in [0.3, 0.4) is 0 Å². The molecule has 3 heterocycles. The monoisotopic (exact) mass is 471 g/mol. The molecule has 0 fully saturated rings. The van der Waals surface area contributed by atoms with Crippen molar-refractivity contribution in [1.29, 1.82) is 0 Å². The summed E-state index contributed by atoms with van der Waals surface area (Å²) in [5.41, 5.74) is 4.32. The molecule has 0 bridgehead atoms. The van der Waals surface area contributed by atoms with Crippen LogP contribution in [0.5, 0.6) is 0 Å². The second-order valence-corrected chi connectivity index (χ2v) is 9.02. The summed E-state index contributed by atoms with van der Waals surface area (Å²) in [6, 6.07) is 17.6. The fourth-order valence-corrected chi connectivity index (χ4v) is 4.52. The lowest BCUT2D eigenvalue weighted by molar-refractivity contribution is -0.116. The largest absolute Gasteiger partial charge is 0.334 e. The molecule has 1 aliphatic heterocycles. The van der Waals surface area contributed by atoms with Gasteiger partial charge in [-0.15, -0.1) is 0 Å². The molecular weight excluding hydrogens is 438 g/mol. The highest BCUT2D eigenvalue weighted by molar-refractivity contribution is 5.94. The molecule has 182 valence electrons. The Labute approximate surface area is 207 Å². The third kappa shape index (κ3) is 6.51. The van der Waals surface area contributed by atoms with Crippen LogP contribution in [0.25, 0.3) is 0 Å². The molecule has 3 aromatic rings. The number of nitrogens with zero attached hydrogens (tertiary/aromatic N) is 5. The maximum Gasteiger partial charge on any atom is 0.255 e. The van der Waals surface area contributed by atoms with Gasteiger partial charge in [-0.2, -0.15) is 0 Å². The summed E-state index contributed by atoms with van der Waals surface area (Å²) in [5, 5.41) is 0. The van der Waals surface area contributed by atoms with E-state index >= 15 is 0 Å². The van der Waals surface area contributed by atoms with Gasteiger partial charge in [0.05, 0.1) is 11.3 Å². The molecule has 0 spiro atoms. The van der Waals surface area contributed by atoms with Gasteiger partial charge >= 0.3 is 0 Å². The van der Waals surface area contributed by atoms with Crippen LogP contribution in [-0.2, 0) is 17.9 Å². The fraction of sp³-hybridized carbons (Fsp3) is 0.357. The van der Waals surface area contributed by atoms with E-state index in [1.165, 1.54) is 0 Å². The molecule has 0 radical (unpaired) electrons. The molecule has 1 aromatic carbocycles. The number of fused-ring (bicyclic) bond motifs is 1. The van der Waals surface area contributed by atoms with E-state index in [1.54, 1.807) is 13.1 Å². The van der Waals surface area contributed by atoms with Gasteiger partial charge in [0.15, 0.2) is 0 Å². The maximum absolute atomic E-state index is 13.5. The van der Waals surface area contributed by atoms with E-state index in [2.05, 4.69) is 14.9 Å². The molecule has 7 nitrogen and oxygen atoms in total. The minimum atomic E-state index is -0.0463. The third-order valence-electron chi connectivity index (χ3n) is 6.34. The number of benzene rings is 1. The van der Waals surface area contributed by atoms with Crippen LogP contribution in [0.15, 0.2) is 67.0 Å². The molecule has 0 unspecified atom stereocenters. The van der Waals surface area contributed by atoms with Gasteiger partial charge in [0.1, 0.15) is 0 Å². The zero-order chi connectivity index (χ0) is 24.6. The normalized spacial score (nSPS) is 15.6. The van der Waals surface area contributed by atoms with Crippen LogP contribution < -0.4 is 4.90 Å². The first-order chi connectivity index (χ1) is 17.0. The van der Waals surface area contributed by atoms with Gasteiger partial charge in [-0.05, 0) is 55.7 Å². The van der Waals surface area contributed by atoms with Gasteiger partial charge in [0, 0.05) is 70.0 Å². The van der Waals surface area contributed by atoms with Gasteiger partial charge in [-0.25, -0.2) is 0 Å². The van der Waals surface area contributed by atoms with E-state index in [0.717, 1.165) is 55.1 Å². The standard InChI is InChI=1S/C28H33N5O2/c1-22-12-13-24(19-30-22)28(35)32-17-7-15-31(21-26-10-5-6-14-29-26)16-8-18-33(23(2)34)27-11-4-3-9-25(27)20-32/h3-6,9-14,19H,7-8,15-18,20-21H2,1-2H3. The van der Waals surface area contributed by atoms with Crippen molar-refractivity contribution in [3.05, 3.63) is 89.5 Å². The van der Waals surface area contributed by atoms with Crippen molar-refractivity contribution in [3.8, 4) is 0 Å². The topological polar surface area (TPSA) is 69.6 Å². The van der Waals surface area contributed by atoms with Gasteiger partial charge in [-0.3, -0.25) is 24.5 Å². The molecule has 0 atom stereocenters. The Morgan fingerprint density at radius 1 is 0.886 bits per heavy atom. The van der Waals surface area contributed by atoms with Crippen LogP contribution in [0, 0.1) is 6.92 Å². The number of aromatic nitrogens is 2. The van der Waals surface area contributed by atoms with Crippen molar-refractivity contribution >= 4 is 17.5 Å². The molecule has 35 heavy (non-hydrogen) atoms. The van der Waals surface area contributed by atoms with Crippen LogP contribution in [0.2, 0.25) is 0 Å². The minimum absolute atomic E-state index is 0.00592. The number of carbonyl (C=O) groups excluding carboxylic acids is 2. The van der Waals surface area contributed by atoms with E-state index in [1.807, 2.05) is 77.5 Å². The Bertz CT molecular complexity index is 1130. The number of amides is 2. The van der Waals surface area contributed by atoms with Crippen molar-refractivity contribution in [2.24, 2.45) is 0 Å². The molecule has 0 aliphatic carbocycles. The highest BCUT2D eigenvalue weighted by atomic mass is 16.2. The number of aryl methyl sites for hydroxylation is 1. The Kier molecular flexibility index (Phi) is 8.21. The Hall–Kier alpha value is -3.58. The van der Waals surface area contributed by atoms with E-state index in [0.29, 0.717) is 25.2 Å². The first-order valence-electron chi connectivity index (χ1n) is 12.2. The van der Waals surface area contributed by atoms with Gasteiger partial charge < -0.3 is 9.80 Å². The average molecular weight is 472 g/mol. The van der Waals surface area contributed by atoms with Gasteiger partial charge in [0.25, 0.3) is 5.91 Å². The molecular formula is C28H33N5O2. The van der Waals surface area contributed by atoms with E-state index in [-0.39, 0.29) is 11.8 Å². The second-order valence-electron chi connectivity index (χ2n) is 9.02. The summed E-state index contributed by atoms with van der Waals surface area (Å²) in [4.78, 5) is 41.0. The molecule has 4 rings (SSSR count). The van der Waals surface area contributed by atoms with Crippen LogP contribution in [0.1, 0.15) is 47.1 Å². The van der Waals surface area contributed by atoms with Crippen molar-refractivity contribution < 1.29 is 9.59 Å². The number of para-hydroxylation sites is 1. The number of rotatable bonds is 3. The minimum Gasteiger partial charge on any atom is -0.334 e. The number of anilines is 1. The maximum atomic E-state index is 13.5. The predicted octanol–water partition coefficient (Wildman–Crippen LogP) is 4.08. The number of hydrogen-bond acceptors (Lipinski definition) is 5. The summed E-state index contributed by atoms with van der Waals surface area (Å²) in [5.74, 6) is -0.0404. The van der Waals surface area contributed by atoms with Crippen molar-refractivity contribution in [1.82, 2.24) is 19.8 Å². The first kappa shape index (κ1) is 24.5. The van der Waals surface area contributed by atoms with Gasteiger partial charge in [-0.1, -0.05) is 24.3 Å². The lowest BCUT2D eigenvalue weighted by Crippen LogP contribution is -2.38. The molecule has 1 aliphatic rings. The zero-order valence-corrected chi connectivity index (χ0v) is 20.6. The summed E-state index contributed by atoms with van der Waals surface area (Å²) in [6.45, 7) is 7.62. The van der Waals surface area contributed by atoms with E-state index < -0.39 is 0 Å². The number of hydrogen-bond donors (Lipinski definition) is 0. The highest BCUT2D eigenvalue weighted by Gasteiger charge is 2.22. The van der Waals surface area contributed by atoms with Crippen molar-refractivity contribution in [2.45, 2.75) is 39.8 Å². The zero-order valence-electron chi connectivity index (χ0n) is 20.6. The summed E-state index contributed by atoms with van der Waals surface area (Å²) < 4.78 is 0. The van der Waals surface area contributed by atoms with E-state index in [4.69, 9.17) is 0 Å². The van der Waals surface area contributed by atoms with E-state index in [9.17, 15) is 9.59 Å². The first-order valence-corrected chi connectivity index (χ1v) is 12.2. The lowest BCUT2D eigenvalue weighted by Gasteiger charge is -2.31. The number of carbonyl (C=O) groups is 2. The molecule has 0 saturated heterocycles. The fourth-order valence-electron chi connectivity index (χ4n) is 4.52. The Morgan fingerprint density at radius 3 is 2.37 bits per heavy atom. The predicted molar refractivity (Wildman–Crippen MR) is 137 cm³/mol. The third-order valence-corrected chi connectivity index (χ3v) is 6.34. The SMILES string of the molecule is CC(=O)N1CCCN(Cc2ccccn2)CCCN(C(=O)c2ccc(C)nc2)Cc2ccccc21. The summed E-state index contributed by atoms with van der Waals surface area (Å²) >= 11 is 0. The summed E-state index contributed by atoms with van der Waals surface area (Å²) in [6.07, 6.45) is 5.17. The van der Waals surface area contributed by atoms with Crippen molar-refractivity contribution in [2.75, 3.05) is 31.1 Å². The molecule has 2 aromatic heterocycles. The van der Waals surface area contributed by atoms with Crippen LogP contribution in [0.4, 0.5) is 5.69 Å². The number of pyridine rings is 2. The second kappa shape index (κ2) is 11.7.